The van der Waals surface area contributed by atoms with Gasteiger partial charge >= 0.3 is 0 Å². The normalized spacial score (nSPS) is 10.9. The van der Waals surface area contributed by atoms with E-state index < -0.39 is 0 Å². The van der Waals surface area contributed by atoms with Gasteiger partial charge in [-0.2, -0.15) is 0 Å². The predicted molar refractivity (Wildman–Crippen MR) is 69.8 cm³/mol. The lowest BCUT2D eigenvalue weighted by Crippen LogP contribution is -1.97. The number of aryl methyl sites for hydroxylation is 1. The van der Waals surface area contributed by atoms with Gasteiger partial charge in [0.25, 0.3) is 0 Å². The molecule has 0 aliphatic heterocycles. The second kappa shape index (κ2) is 3.78. The Balaban J connectivity index is 2.28. The summed E-state index contributed by atoms with van der Waals surface area (Å²) in [4.78, 5) is 13.9. The molecular weight excluding hydrogens is 232 g/mol. The van der Waals surface area contributed by atoms with Gasteiger partial charge in [-0.15, -0.1) is 11.3 Å². The smallest absolute Gasteiger partial charge is 0.164 e. The zero-order valence-electron chi connectivity index (χ0n) is 9.21. The Labute approximate surface area is 102 Å². The molecule has 5 heteroatoms. The van der Waals surface area contributed by atoms with Crippen LogP contribution in [0.1, 0.15) is 5.56 Å². The summed E-state index contributed by atoms with van der Waals surface area (Å²) in [5.74, 6) is 1.16. The fourth-order valence-electron chi connectivity index (χ4n) is 1.70. The van der Waals surface area contributed by atoms with Gasteiger partial charge in [0, 0.05) is 18.0 Å². The van der Waals surface area contributed by atoms with Gasteiger partial charge in [0.15, 0.2) is 5.82 Å². The first kappa shape index (κ1) is 10.2. The third kappa shape index (κ3) is 1.64. The summed E-state index contributed by atoms with van der Waals surface area (Å²) >= 11 is 1.56. The molecule has 0 atom stereocenters. The quantitative estimate of drug-likeness (QED) is 0.712. The highest BCUT2D eigenvalue weighted by atomic mass is 32.1. The lowest BCUT2D eigenvalue weighted by atomic mass is 10.1. The summed E-state index contributed by atoms with van der Waals surface area (Å²) in [6.07, 6.45) is 3.52. The number of nitrogens with zero attached hydrogens (tertiary/aromatic N) is 3. The first-order chi connectivity index (χ1) is 8.25. The Hall–Kier alpha value is -2.01. The van der Waals surface area contributed by atoms with Crippen LogP contribution in [0.25, 0.3) is 21.6 Å². The molecule has 0 aromatic carbocycles. The maximum absolute atomic E-state index is 5.92. The fraction of sp³-hybridized carbons (Fsp3) is 0.0833. The van der Waals surface area contributed by atoms with Crippen LogP contribution in [-0.4, -0.2) is 15.0 Å². The minimum absolute atomic E-state index is 0.523. The molecule has 0 fully saturated rings. The van der Waals surface area contributed by atoms with Crippen molar-refractivity contribution >= 4 is 27.4 Å². The topological polar surface area (TPSA) is 64.7 Å². The number of rotatable bonds is 1. The van der Waals surface area contributed by atoms with E-state index in [4.69, 9.17) is 5.73 Å². The molecule has 0 saturated heterocycles. The summed E-state index contributed by atoms with van der Waals surface area (Å²) in [5, 5.41) is 2.88. The third-order valence-corrected chi connectivity index (χ3v) is 3.44. The Bertz CT molecular complexity index is 690. The van der Waals surface area contributed by atoms with Crippen molar-refractivity contribution in [2.24, 2.45) is 0 Å². The van der Waals surface area contributed by atoms with E-state index >= 15 is 0 Å². The Morgan fingerprint density at radius 3 is 2.94 bits per heavy atom. The first-order valence-corrected chi connectivity index (χ1v) is 6.05. The van der Waals surface area contributed by atoms with Gasteiger partial charge in [-0.1, -0.05) is 0 Å². The maximum Gasteiger partial charge on any atom is 0.164 e. The average molecular weight is 242 g/mol. The Morgan fingerprint density at radius 2 is 2.12 bits per heavy atom. The highest BCUT2D eigenvalue weighted by molar-refractivity contribution is 7.16. The highest BCUT2D eigenvalue weighted by Crippen LogP contribution is 2.27. The molecule has 84 valence electrons. The van der Waals surface area contributed by atoms with E-state index in [1.54, 1.807) is 23.7 Å². The van der Waals surface area contributed by atoms with Crippen LogP contribution < -0.4 is 5.73 Å². The standard InChI is InChI=1S/C12H10N4S/c1-7-2-4-14-6-9(7)11-15-10(13)8-3-5-17-12(8)16-11/h2-6H,1H3,(H2,13,15,16). The van der Waals surface area contributed by atoms with Crippen molar-refractivity contribution in [3.63, 3.8) is 0 Å². The zero-order valence-corrected chi connectivity index (χ0v) is 10.0. The van der Waals surface area contributed by atoms with Crippen LogP contribution in [0.3, 0.4) is 0 Å². The molecule has 17 heavy (non-hydrogen) atoms. The molecule has 4 nitrogen and oxygen atoms in total. The van der Waals surface area contributed by atoms with Crippen molar-refractivity contribution in [1.82, 2.24) is 15.0 Å². The van der Waals surface area contributed by atoms with Crippen LogP contribution in [0, 0.1) is 6.92 Å². The number of nitrogen functional groups attached to an aromatic ring is 1. The molecule has 0 aliphatic carbocycles. The molecule has 3 aromatic heterocycles. The van der Waals surface area contributed by atoms with E-state index in [-0.39, 0.29) is 0 Å². The monoisotopic (exact) mass is 242 g/mol. The van der Waals surface area contributed by atoms with Crippen molar-refractivity contribution in [3.8, 4) is 11.4 Å². The Morgan fingerprint density at radius 1 is 1.24 bits per heavy atom. The van der Waals surface area contributed by atoms with Crippen molar-refractivity contribution < 1.29 is 0 Å². The fourth-order valence-corrected chi connectivity index (χ4v) is 2.47. The van der Waals surface area contributed by atoms with Crippen molar-refractivity contribution in [2.75, 3.05) is 5.73 Å². The van der Waals surface area contributed by atoms with E-state index in [0.717, 1.165) is 21.3 Å². The molecule has 3 rings (SSSR count). The zero-order chi connectivity index (χ0) is 11.8. The van der Waals surface area contributed by atoms with E-state index in [1.165, 1.54) is 0 Å². The minimum atomic E-state index is 0.523. The van der Waals surface area contributed by atoms with E-state index in [9.17, 15) is 0 Å². The van der Waals surface area contributed by atoms with Crippen LogP contribution in [0.2, 0.25) is 0 Å². The van der Waals surface area contributed by atoms with Gasteiger partial charge in [-0.05, 0) is 30.0 Å². The van der Waals surface area contributed by atoms with Crippen LogP contribution in [0.15, 0.2) is 29.9 Å². The molecule has 0 amide bonds. The summed E-state index contributed by atoms with van der Waals surface area (Å²) in [5.41, 5.74) is 7.94. The lowest BCUT2D eigenvalue weighted by molar-refractivity contribution is 1.20. The summed E-state index contributed by atoms with van der Waals surface area (Å²) in [7, 11) is 0. The number of anilines is 1. The van der Waals surface area contributed by atoms with Crippen molar-refractivity contribution in [2.45, 2.75) is 6.92 Å². The summed E-state index contributed by atoms with van der Waals surface area (Å²) in [6, 6.07) is 3.88. The maximum atomic E-state index is 5.92. The first-order valence-electron chi connectivity index (χ1n) is 5.17. The molecule has 0 radical (unpaired) electrons. The van der Waals surface area contributed by atoms with Gasteiger partial charge in [0.05, 0.1) is 5.39 Å². The van der Waals surface area contributed by atoms with Crippen molar-refractivity contribution in [3.05, 3.63) is 35.5 Å². The van der Waals surface area contributed by atoms with Crippen molar-refractivity contribution in [1.29, 1.82) is 0 Å². The molecule has 0 spiro atoms. The third-order valence-electron chi connectivity index (χ3n) is 2.63. The number of pyridine rings is 1. The molecular formula is C12H10N4S. The molecule has 0 aliphatic rings. The van der Waals surface area contributed by atoms with Gasteiger partial charge in [0.1, 0.15) is 10.6 Å². The van der Waals surface area contributed by atoms with Crippen LogP contribution in [0.5, 0.6) is 0 Å². The van der Waals surface area contributed by atoms with Crippen LogP contribution in [-0.2, 0) is 0 Å². The van der Waals surface area contributed by atoms with Gasteiger partial charge in [-0.3, -0.25) is 4.98 Å². The number of nitrogens with two attached hydrogens (primary N) is 1. The van der Waals surface area contributed by atoms with Crippen LogP contribution >= 0.6 is 11.3 Å². The highest BCUT2D eigenvalue weighted by Gasteiger charge is 2.09. The number of hydrogen-bond donors (Lipinski definition) is 1. The second-order valence-electron chi connectivity index (χ2n) is 3.76. The minimum Gasteiger partial charge on any atom is -0.383 e. The molecule has 3 aromatic rings. The van der Waals surface area contributed by atoms with Gasteiger partial charge in [0.2, 0.25) is 0 Å². The summed E-state index contributed by atoms with van der Waals surface area (Å²) in [6.45, 7) is 2.01. The van der Waals surface area contributed by atoms with Gasteiger partial charge in [-0.25, -0.2) is 9.97 Å². The summed E-state index contributed by atoms with van der Waals surface area (Å²) < 4.78 is 0. The average Bonchev–Trinajstić information content (AvgIpc) is 2.78. The molecule has 2 N–H and O–H groups in total. The molecule has 0 unspecified atom stereocenters. The molecule has 0 bridgehead atoms. The lowest BCUT2D eigenvalue weighted by Gasteiger charge is -2.04. The largest absolute Gasteiger partial charge is 0.383 e. The number of fused-ring (bicyclic) bond motifs is 1. The van der Waals surface area contributed by atoms with E-state index in [2.05, 4.69) is 15.0 Å². The predicted octanol–water partition coefficient (Wildman–Crippen LogP) is 2.64. The number of thiophene rings is 1. The van der Waals surface area contributed by atoms with Crippen LogP contribution in [0.4, 0.5) is 5.82 Å². The van der Waals surface area contributed by atoms with E-state index in [1.807, 2.05) is 24.4 Å². The van der Waals surface area contributed by atoms with Gasteiger partial charge < -0.3 is 5.73 Å². The second-order valence-corrected chi connectivity index (χ2v) is 4.66. The number of hydrogen-bond acceptors (Lipinski definition) is 5. The molecule has 0 saturated carbocycles. The molecule has 3 heterocycles. The SMILES string of the molecule is Cc1ccncc1-c1nc(N)c2ccsc2n1. The Kier molecular flexibility index (Phi) is 2.26. The number of aromatic nitrogens is 3. The van der Waals surface area contributed by atoms with E-state index in [0.29, 0.717) is 11.6 Å².